The van der Waals surface area contributed by atoms with Gasteiger partial charge in [-0.15, -0.1) is 0 Å². The van der Waals surface area contributed by atoms with Crippen molar-refractivity contribution in [3.8, 4) is 0 Å². The predicted octanol–water partition coefficient (Wildman–Crippen LogP) is 7.33. The predicted molar refractivity (Wildman–Crippen MR) is 162 cm³/mol. The second kappa shape index (κ2) is 23.5. The molecule has 2 unspecified atom stereocenters. The van der Waals surface area contributed by atoms with Crippen LogP contribution in [0.1, 0.15) is 129 Å². The maximum Gasteiger partial charge on any atom is 0.268 e. The normalized spacial score (nSPS) is 17.4. The van der Waals surface area contributed by atoms with Crippen LogP contribution in [-0.2, 0) is 18.3 Å². The summed E-state index contributed by atoms with van der Waals surface area (Å²) < 4.78 is 29.3. The van der Waals surface area contributed by atoms with Gasteiger partial charge in [-0.05, 0) is 32.4 Å². The molecule has 0 aromatic rings. The molecule has 0 aliphatic carbocycles. The smallest absolute Gasteiger partial charge is 0.268 e. The molecule has 0 aromatic heterocycles. The average Bonchev–Trinajstić information content (AvgIpc) is 2.89. The summed E-state index contributed by atoms with van der Waals surface area (Å²) in [6.07, 6.45) is 25.3. The maximum atomic E-state index is 12.3. The van der Waals surface area contributed by atoms with Crippen LogP contribution in [0.25, 0.3) is 0 Å². The molecule has 1 aliphatic heterocycles. The first-order valence-electron chi connectivity index (χ1n) is 16.5. The summed E-state index contributed by atoms with van der Waals surface area (Å²) in [6.45, 7) is 6.32. The van der Waals surface area contributed by atoms with E-state index in [0.29, 0.717) is 17.6 Å². The molecule has 1 heterocycles. The molecule has 234 valence electrons. The Morgan fingerprint density at radius 3 is 1.67 bits per heavy atom. The van der Waals surface area contributed by atoms with E-state index in [1.54, 1.807) is 0 Å². The third kappa shape index (κ3) is 23.3. The van der Waals surface area contributed by atoms with Crippen molar-refractivity contribution in [3.05, 3.63) is 0 Å². The van der Waals surface area contributed by atoms with Crippen LogP contribution in [0.5, 0.6) is 0 Å². The van der Waals surface area contributed by atoms with E-state index in [-0.39, 0.29) is 19.3 Å². The van der Waals surface area contributed by atoms with Gasteiger partial charge in [0.15, 0.2) is 0 Å². The summed E-state index contributed by atoms with van der Waals surface area (Å²) >= 11 is 0. The van der Waals surface area contributed by atoms with Crippen molar-refractivity contribution in [2.24, 2.45) is 0 Å². The van der Waals surface area contributed by atoms with Crippen molar-refractivity contribution < 1.29 is 27.7 Å². The molecule has 0 bridgehead atoms. The molecule has 2 atom stereocenters. The molecule has 8 heteroatoms. The molecule has 1 saturated heterocycles. The van der Waals surface area contributed by atoms with E-state index in [1.807, 2.05) is 21.1 Å². The lowest BCUT2D eigenvalue weighted by atomic mass is 10.0. The Bertz CT molecular complexity index is 596. The van der Waals surface area contributed by atoms with Crippen LogP contribution < -0.4 is 4.89 Å². The monoisotopic (exact) mass is 576 g/mol. The number of quaternary nitrogens is 1. The topological polar surface area (TPSA) is 71.1 Å². The highest BCUT2D eigenvalue weighted by Crippen LogP contribution is 2.38. The van der Waals surface area contributed by atoms with Gasteiger partial charge in [0.1, 0.15) is 13.2 Å². The molecule has 0 amide bonds. The van der Waals surface area contributed by atoms with Gasteiger partial charge >= 0.3 is 0 Å². The minimum absolute atomic E-state index is 0.0457. The van der Waals surface area contributed by atoms with Gasteiger partial charge in [-0.2, -0.15) is 0 Å². The van der Waals surface area contributed by atoms with Gasteiger partial charge in [-0.3, -0.25) is 9.46 Å². The number of phosphoric ester groups is 1. The number of hydrogen-bond acceptors (Lipinski definition) is 6. The van der Waals surface area contributed by atoms with Gasteiger partial charge in [0.05, 0.1) is 40.4 Å². The number of likely N-dealkylation sites (tertiary alicyclic amines) is 1. The van der Waals surface area contributed by atoms with Crippen LogP contribution >= 0.6 is 7.82 Å². The number of unbranched alkanes of at least 4 members (excludes halogenated alkanes) is 15. The molecule has 1 fully saturated rings. The van der Waals surface area contributed by atoms with E-state index in [4.69, 9.17) is 13.8 Å². The van der Waals surface area contributed by atoms with E-state index >= 15 is 0 Å². The lowest BCUT2D eigenvalue weighted by molar-refractivity contribution is -0.870. The third-order valence-electron chi connectivity index (χ3n) is 7.80. The lowest BCUT2D eigenvalue weighted by Gasteiger charge is -2.35. The Balaban J connectivity index is 2.07. The van der Waals surface area contributed by atoms with Crippen molar-refractivity contribution in [1.29, 1.82) is 0 Å². The highest BCUT2D eigenvalue weighted by molar-refractivity contribution is 7.45. The Hall–Kier alpha value is -0.0100. The summed E-state index contributed by atoms with van der Waals surface area (Å²) in [5, 5.41) is 0. The van der Waals surface area contributed by atoms with Gasteiger partial charge in [0.2, 0.25) is 0 Å². The van der Waals surface area contributed by atoms with Crippen LogP contribution in [-0.4, -0.2) is 82.6 Å². The van der Waals surface area contributed by atoms with Crippen LogP contribution in [0.2, 0.25) is 0 Å². The molecule has 1 aliphatic rings. The summed E-state index contributed by atoms with van der Waals surface area (Å²) in [6, 6.07) is -0.0457. The van der Waals surface area contributed by atoms with Gasteiger partial charge in [0, 0.05) is 6.61 Å². The zero-order valence-electron chi connectivity index (χ0n) is 26.3. The van der Waals surface area contributed by atoms with Crippen molar-refractivity contribution in [2.45, 2.75) is 135 Å². The van der Waals surface area contributed by atoms with Crippen LogP contribution in [0.15, 0.2) is 0 Å². The maximum absolute atomic E-state index is 12.3. The van der Waals surface area contributed by atoms with Crippen LogP contribution in [0, 0.1) is 0 Å². The van der Waals surface area contributed by atoms with Gasteiger partial charge in [-0.25, -0.2) is 0 Å². The highest BCUT2D eigenvalue weighted by Gasteiger charge is 2.23. The molecule has 7 nitrogen and oxygen atoms in total. The summed E-state index contributed by atoms with van der Waals surface area (Å²) in [5.41, 5.74) is 0. The molecule has 0 N–H and O–H groups in total. The number of hydrogen-bond donors (Lipinski definition) is 0. The van der Waals surface area contributed by atoms with Gasteiger partial charge < -0.3 is 23.2 Å². The van der Waals surface area contributed by atoms with Crippen LogP contribution in [0.3, 0.4) is 0 Å². The first kappa shape index (κ1) is 37.0. The summed E-state index contributed by atoms with van der Waals surface area (Å²) in [7, 11) is 1.70. The fourth-order valence-electron chi connectivity index (χ4n) is 5.16. The molecule has 0 aromatic carbocycles. The van der Waals surface area contributed by atoms with E-state index in [9.17, 15) is 9.46 Å². The third-order valence-corrected chi connectivity index (χ3v) is 8.76. The molecule has 0 saturated carbocycles. The number of nitrogens with zero attached hydrogens (tertiary/aromatic N) is 2. The fraction of sp³-hybridized carbons (Fsp3) is 1.00. The minimum Gasteiger partial charge on any atom is -0.756 e. The molecule has 0 radical (unpaired) electrons. The standard InChI is InChI=1S/C31H65N2O5P/c1-5-6-7-8-9-10-11-12-13-14-15-16-17-18-19-23-27-36-29-31(32-24-21-20-22-25-32)30-38-39(34,35)37-28-26-33(2,3)4/h31H,5-30H2,1-4H3. The molecule has 39 heavy (non-hydrogen) atoms. The Morgan fingerprint density at radius 2 is 1.18 bits per heavy atom. The number of rotatable bonds is 27. The first-order chi connectivity index (χ1) is 18.7. The first-order valence-corrected chi connectivity index (χ1v) is 17.9. The molecular formula is C31H65N2O5P. The van der Waals surface area contributed by atoms with E-state index < -0.39 is 7.82 Å². The second-order valence-corrected chi connectivity index (χ2v) is 14.1. The highest BCUT2D eigenvalue weighted by atomic mass is 31.2. The fourth-order valence-corrected chi connectivity index (χ4v) is 5.89. The summed E-state index contributed by atoms with van der Waals surface area (Å²) in [5.74, 6) is 0. The van der Waals surface area contributed by atoms with Crippen molar-refractivity contribution in [2.75, 3.05) is 67.2 Å². The molecule has 1 rings (SSSR count). The van der Waals surface area contributed by atoms with Crippen LogP contribution in [0.4, 0.5) is 0 Å². The second-order valence-electron chi connectivity index (χ2n) is 12.7. The van der Waals surface area contributed by atoms with Crippen molar-refractivity contribution in [1.82, 2.24) is 4.90 Å². The Kier molecular flexibility index (Phi) is 22.3. The van der Waals surface area contributed by atoms with E-state index in [2.05, 4.69) is 11.8 Å². The Morgan fingerprint density at radius 1 is 0.692 bits per heavy atom. The zero-order valence-corrected chi connectivity index (χ0v) is 27.2. The van der Waals surface area contributed by atoms with Crippen molar-refractivity contribution in [3.63, 3.8) is 0 Å². The minimum atomic E-state index is -4.30. The number of phosphoric acid groups is 1. The molecular weight excluding hydrogens is 511 g/mol. The number of piperidine rings is 1. The van der Waals surface area contributed by atoms with E-state index in [0.717, 1.165) is 39.0 Å². The SMILES string of the molecule is CCCCCCCCCCCCCCCCCCOCC(COP(=O)([O-])OCC[N+](C)(C)C)N1CCCCC1. The Labute approximate surface area is 242 Å². The average molecular weight is 577 g/mol. The number of ether oxygens (including phenoxy) is 1. The van der Waals surface area contributed by atoms with E-state index in [1.165, 1.54) is 103 Å². The number of likely N-dealkylation sites (N-methyl/N-ethyl adjacent to an activating group) is 1. The van der Waals surface area contributed by atoms with Gasteiger partial charge in [0.25, 0.3) is 7.82 Å². The quantitative estimate of drug-likeness (QED) is 0.0579. The molecule has 0 spiro atoms. The van der Waals surface area contributed by atoms with Gasteiger partial charge in [-0.1, -0.05) is 110 Å². The largest absolute Gasteiger partial charge is 0.756 e. The van der Waals surface area contributed by atoms with Crippen molar-refractivity contribution >= 4 is 7.82 Å². The lowest BCUT2D eigenvalue weighted by Crippen LogP contribution is -2.45. The summed E-state index contributed by atoms with van der Waals surface area (Å²) in [4.78, 5) is 14.6. The zero-order chi connectivity index (χ0) is 28.7.